The van der Waals surface area contributed by atoms with Crippen LogP contribution in [0.2, 0.25) is 0 Å². The Morgan fingerprint density at radius 3 is 2.68 bits per heavy atom. The summed E-state index contributed by atoms with van der Waals surface area (Å²) in [6.45, 7) is 6.90. The molecular weight excluding hydrogens is 378 g/mol. The van der Waals surface area contributed by atoms with Crippen molar-refractivity contribution in [3.05, 3.63) is 45.8 Å². The molecule has 3 rings (SSSR count). The predicted molar refractivity (Wildman–Crippen MR) is 112 cm³/mol. The molecule has 8 heteroatoms. The number of Topliss-reactive ketones (excluding diaryl/α,β-unsaturated/α-hetero) is 1. The molecule has 2 aromatic heterocycles. The number of hydrogen-bond donors (Lipinski definition) is 1. The van der Waals surface area contributed by atoms with Crippen molar-refractivity contribution in [2.75, 3.05) is 27.2 Å². The van der Waals surface area contributed by atoms with Gasteiger partial charge in [-0.3, -0.25) is 4.79 Å². The number of allylic oxidation sites excluding steroid dienone is 3. The predicted octanol–water partition coefficient (Wildman–Crippen LogP) is 2.90. The molecule has 2 N–H and O–H groups in total. The molecular formula is C20H24ClN5O2. The van der Waals surface area contributed by atoms with Gasteiger partial charge in [0.25, 0.3) is 5.88 Å². The van der Waals surface area contributed by atoms with Crippen LogP contribution in [0.1, 0.15) is 18.2 Å². The largest absolute Gasteiger partial charge is 0.474 e. The van der Waals surface area contributed by atoms with Crippen molar-refractivity contribution in [3.8, 4) is 5.88 Å². The van der Waals surface area contributed by atoms with E-state index in [0.29, 0.717) is 29.5 Å². The molecule has 28 heavy (non-hydrogen) atoms. The Morgan fingerprint density at radius 1 is 1.29 bits per heavy atom. The van der Waals surface area contributed by atoms with Crippen LogP contribution in [-0.2, 0) is 4.79 Å². The lowest BCUT2D eigenvalue weighted by Gasteiger charge is -2.13. The molecule has 0 amide bonds. The molecule has 2 heterocycles. The fraction of sp³-hybridized carbons (Fsp3) is 0.350. The minimum atomic E-state index is -0.285. The van der Waals surface area contributed by atoms with E-state index in [1.807, 2.05) is 49.5 Å². The molecule has 1 aliphatic rings. The van der Waals surface area contributed by atoms with Crippen LogP contribution in [0, 0.1) is 13.8 Å². The summed E-state index contributed by atoms with van der Waals surface area (Å²) < 4.78 is 7.73. The average molecular weight is 402 g/mol. The first-order valence-electron chi connectivity index (χ1n) is 8.94. The van der Waals surface area contributed by atoms with Crippen LogP contribution < -0.4 is 10.5 Å². The fourth-order valence-corrected chi connectivity index (χ4v) is 3.04. The van der Waals surface area contributed by atoms with E-state index in [0.717, 1.165) is 23.3 Å². The number of carbonyl (C=O) groups excluding carboxylic acids is 1. The Bertz CT molecular complexity index is 1050. The van der Waals surface area contributed by atoms with Crippen molar-refractivity contribution in [2.24, 2.45) is 10.7 Å². The van der Waals surface area contributed by atoms with E-state index in [1.54, 1.807) is 13.0 Å². The molecule has 0 saturated carbocycles. The van der Waals surface area contributed by atoms with Crippen LogP contribution in [0.4, 0.5) is 5.69 Å². The number of nitrogens with two attached hydrogens (primary N) is 1. The molecule has 0 bridgehead atoms. The Balaban J connectivity index is 2.15. The highest BCUT2D eigenvalue weighted by Crippen LogP contribution is 2.34. The molecule has 0 saturated heterocycles. The number of likely N-dealkylation sites (N-methyl/N-ethyl adjacent to an activating group) is 1. The lowest BCUT2D eigenvalue weighted by atomic mass is 10.0. The van der Waals surface area contributed by atoms with E-state index in [-0.39, 0.29) is 16.5 Å². The van der Waals surface area contributed by atoms with Gasteiger partial charge in [0.15, 0.2) is 5.69 Å². The summed E-state index contributed by atoms with van der Waals surface area (Å²) in [6, 6.07) is 3.96. The molecule has 0 atom stereocenters. The number of carbonyl (C=O) groups is 1. The normalized spacial score (nSPS) is 16.5. The first kappa shape index (κ1) is 20.1. The minimum Gasteiger partial charge on any atom is -0.474 e. The van der Waals surface area contributed by atoms with Gasteiger partial charge in [0, 0.05) is 17.8 Å². The van der Waals surface area contributed by atoms with Gasteiger partial charge >= 0.3 is 0 Å². The highest BCUT2D eigenvalue weighted by Gasteiger charge is 2.23. The van der Waals surface area contributed by atoms with Crippen molar-refractivity contribution in [1.29, 1.82) is 0 Å². The van der Waals surface area contributed by atoms with Crippen LogP contribution in [0.15, 0.2) is 39.5 Å². The summed E-state index contributed by atoms with van der Waals surface area (Å²) in [5, 5.41) is 4.59. The fourth-order valence-electron chi connectivity index (χ4n) is 2.80. The van der Waals surface area contributed by atoms with E-state index < -0.39 is 0 Å². The molecule has 0 unspecified atom stereocenters. The van der Waals surface area contributed by atoms with Gasteiger partial charge in [-0.2, -0.15) is 0 Å². The summed E-state index contributed by atoms with van der Waals surface area (Å²) in [6.07, 6.45) is 1.64. The van der Waals surface area contributed by atoms with Gasteiger partial charge in [0.05, 0.1) is 16.9 Å². The maximum Gasteiger partial charge on any atom is 0.260 e. The summed E-state index contributed by atoms with van der Waals surface area (Å²) in [4.78, 5) is 18.7. The topological polar surface area (TPSA) is 85.2 Å². The standard InChI is InChI=1S/C20H24ClN5O2/c1-11-6-7-15-18(23-14-10-12(2)19(27)16(21)17(14)22)20(24-26(15)13(11)3)28-9-8-25(4)5/h6-7,10H,8-9,22H2,1-5H3. The second-order valence-electron chi connectivity index (χ2n) is 7.09. The van der Waals surface area contributed by atoms with Crippen molar-refractivity contribution in [2.45, 2.75) is 20.8 Å². The van der Waals surface area contributed by atoms with Crippen LogP contribution in [0.25, 0.3) is 5.52 Å². The highest BCUT2D eigenvalue weighted by molar-refractivity contribution is 6.49. The van der Waals surface area contributed by atoms with Crippen LogP contribution in [0.3, 0.4) is 0 Å². The van der Waals surface area contributed by atoms with Gasteiger partial charge in [0.1, 0.15) is 11.6 Å². The zero-order valence-corrected chi connectivity index (χ0v) is 17.5. The maximum absolute atomic E-state index is 12.0. The molecule has 0 fully saturated rings. The van der Waals surface area contributed by atoms with Gasteiger partial charge in [-0.1, -0.05) is 17.7 Å². The minimum absolute atomic E-state index is 0.0164. The first-order valence-corrected chi connectivity index (χ1v) is 9.32. The zero-order chi connectivity index (χ0) is 20.6. The van der Waals surface area contributed by atoms with E-state index in [2.05, 4.69) is 10.1 Å². The van der Waals surface area contributed by atoms with E-state index in [4.69, 9.17) is 22.1 Å². The summed E-state index contributed by atoms with van der Waals surface area (Å²) in [7, 11) is 3.95. The number of aliphatic imine (C=N–C) groups is 1. The zero-order valence-electron chi connectivity index (χ0n) is 16.7. The average Bonchev–Trinajstić information content (AvgIpc) is 2.99. The number of aryl methyl sites for hydroxylation is 2. The van der Waals surface area contributed by atoms with Crippen LogP contribution >= 0.6 is 11.6 Å². The van der Waals surface area contributed by atoms with Crippen molar-refractivity contribution < 1.29 is 9.53 Å². The maximum atomic E-state index is 12.0. The van der Waals surface area contributed by atoms with Crippen LogP contribution in [0.5, 0.6) is 5.88 Å². The summed E-state index contributed by atoms with van der Waals surface area (Å²) in [5.41, 5.74) is 10.6. The second-order valence-corrected chi connectivity index (χ2v) is 7.46. The van der Waals surface area contributed by atoms with E-state index in [9.17, 15) is 4.79 Å². The van der Waals surface area contributed by atoms with E-state index in [1.165, 1.54) is 0 Å². The van der Waals surface area contributed by atoms with Gasteiger partial charge in [-0.05, 0) is 52.6 Å². The molecule has 2 aromatic rings. The number of ketones is 1. The molecule has 0 radical (unpaired) electrons. The van der Waals surface area contributed by atoms with Gasteiger partial charge < -0.3 is 15.4 Å². The number of rotatable bonds is 5. The Kier molecular flexibility index (Phi) is 5.58. The monoisotopic (exact) mass is 401 g/mol. The van der Waals surface area contributed by atoms with Gasteiger partial charge in [-0.15, -0.1) is 5.10 Å². The van der Waals surface area contributed by atoms with Gasteiger partial charge in [-0.25, -0.2) is 9.51 Å². The van der Waals surface area contributed by atoms with Crippen molar-refractivity contribution in [3.63, 3.8) is 0 Å². The molecule has 0 aromatic carbocycles. The smallest absolute Gasteiger partial charge is 0.260 e. The summed E-state index contributed by atoms with van der Waals surface area (Å²) >= 11 is 6.10. The SMILES string of the molecule is CC1=CC(=Nc2c(OCCN(C)C)nn3c(C)c(C)ccc23)C(N)=C(Cl)C1=O. The lowest BCUT2D eigenvalue weighted by molar-refractivity contribution is -0.111. The third-order valence-electron chi connectivity index (χ3n) is 4.68. The molecule has 0 spiro atoms. The van der Waals surface area contributed by atoms with Crippen molar-refractivity contribution in [1.82, 2.24) is 14.5 Å². The van der Waals surface area contributed by atoms with Gasteiger partial charge in [0.2, 0.25) is 5.78 Å². The number of nitrogens with zero attached hydrogens (tertiary/aromatic N) is 4. The number of hydrogen-bond acceptors (Lipinski definition) is 6. The van der Waals surface area contributed by atoms with E-state index >= 15 is 0 Å². The molecule has 148 valence electrons. The lowest BCUT2D eigenvalue weighted by Crippen LogP contribution is -2.21. The quantitative estimate of drug-likeness (QED) is 0.778. The number of pyridine rings is 1. The van der Waals surface area contributed by atoms with Crippen LogP contribution in [-0.4, -0.2) is 53.3 Å². The highest BCUT2D eigenvalue weighted by atomic mass is 35.5. The van der Waals surface area contributed by atoms with Crippen molar-refractivity contribution >= 4 is 34.3 Å². The molecule has 1 aliphatic carbocycles. The third kappa shape index (κ3) is 3.68. The second kappa shape index (κ2) is 7.77. The number of halogens is 1. The number of aromatic nitrogens is 2. The Labute approximate surface area is 169 Å². The summed E-state index contributed by atoms with van der Waals surface area (Å²) in [5.74, 6) is 0.127. The number of ether oxygens (including phenoxy) is 1. The number of fused-ring (bicyclic) bond motifs is 1. The Morgan fingerprint density at radius 2 is 2.00 bits per heavy atom. The third-order valence-corrected chi connectivity index (χ3v) is 5.05. The Hall–Kier alpha value is -2.64. The molecule has 0 aliphatic heterocycles. The first-order chi connectivity index (χ1) is 13.2. The molecule has 7 nitrogen and oxygen atoms in total.